The summed E-state index contributed by atoms with van der Waals surface area (Å²) >= 11 is 1.10. The fraction of sp³-hybridized carbons (Fsp3) is 0.385. The molecule has 2 aromatic rings. The van der Waals surface area contributed by atoms with Crippen LogP contribution < -0.4 is 4.90 Å². The number of carboxylic acid groups (broad SMARTS) is 1. The first-order valence-corrected chi connectivity index (χ1v) is 7.78. The number of ether oxygens (including phenoxy) is 1. The molecule has 2 N–H and O–H groups in total. The summed E-state index contributed by atoms with van der Waals surface area (Å²) in [4.78, 5) is 20.2. The smallest absolute Gasteiger partial charge is 0.313 e. The van der Waals surface area contributed by atoms with E-state index in [1.54, 1.807) is 6.20 Å². The molecule has 8 nitrogen and oxygen atoms in total. The van der Waals surface area contributed by atoms with E-state index in [-0.39, 0.29) is 5.75 Å². The van der Waals surface area contributed by atoms with Crippen molar-refractivity contribution < 1.29 is 14.6 Å². The van der Waals surface area contributed by atoms with E-state index in [1.165, 1.54) is 0 Å². The van der Waals surface area contributed by atoms with Crippen molar-refractivity contribution in [2.75, 3.05) is 37.0 Å². The van der Waals surface area contributed by atoms with Gasteiger partial charge in [-0.3, -0.25) is 4.79 Å². The summed E-state index contributed by atoms with van der Waals surface area (Å²) in [6.07, 6.45) is 1.74. The number of carbonyl (C=O) groups is 1. The Balaban J connectivity index is 1.83. The number of H-pyrrole nitrogens is 1. The van der Waals surface area contributed by atoms with E-state index >= 15 is 0 Å². The van der Waals surface area contributed by atoms with Crippen LogP contribution in [0.4, 0.5) is 5.82 Å². The van der Waals surface area contributed by atoms with E-state index in [4.69, 9.17) is 9.84 Å². The lowest BCUT2D eigenvalue weighted by Crippen LogP contribution is -2.37. The van der Waals surface area contributed by atoms with Crippen LogP contribution in [0.5, 0.6) is 0 Å². The maximum absolute atomic E-state index is 10.6. The largest absolute Gasteiger partial charge is 0.481 e. The molecule has 116 valence electrons. The van der Waals surface area contributed by atoms with Crippen molar-refractivity contribution in [3.8, 4) is 11.4 Å². The van der Waals surface area contributed by atoms with Crippen molar-refractivity contribution in [3.63, 3.8) is 0 Å². The lowest BCUT2D eigenvalue weighted by atomic mass is 10.2. The van der Waals surface area contributed by atoms with Crippen LogP contribution in [0.15, 0.2) is 23.5 Å². The number of nitrogens with zero attached hydrogens (tertiary/aromatic N) is 4. The number of aromatic amines is 1. The first-order valence-electron chi connectivity index (χ1n) is 6.79. The van der Waals surface area contributed by atoms with E-state index in [0.717, 1.165) is 36.2 Å². The molecular formula is C13H15N5O3S. The first-order chi connectivity index (χ1) is 10.7. The normalized spacial score (nSPS) is 15.0. The Labute approximate surface area is 130 Å². The molecule has 0 radical (unpaired) electrons. The molecule has 3 heterocycles. The highest BCUT2D eigenvalue weighted by atomic mass is 32.2. The van der Waals surface area contributed by atoms with Crippen molar-refractivity contribution in [1.29, 1.82) is 0 Å². The van der Waals surface area contributed by atoms with Crippen molar-refractivity contribution in [1.82, 2.24) is 20.2 Å². The Morgan fingerprint density at radius 2 is 2.23 bits per heavy atom. The molecule has 0 bridgehead atoms. The van der Waals surface area contributed by atoms with Gasteiger partial charge in [-0.2, -0.15) is 0 Å². The lowest BCUT2D eigenvalue weighted by molar-refractivity contribution is -0.133. The Bertz CT molecular complexity index is 657. The molecule has 0 spiro atoms. The standard InChI is InChI=1S/C13H15N5O3S/c19-10(20)8-22-13-15-11(16-17-13)9-2-1-3-14-12(9)18-4-6-21-7-5-18/h1-3H,4-8H2,(H,19,20)(H,15,16,17). The van der Waals surface area contributed by atoms with Gasteiger partial charge in [0.1, 0.15) is 5.82 Å². The van der Waals surface area contributed by atoms with Gasteiger partial charge in [0.05, 0.1) is 24.5 Å². The van der Waals surface area contributed by atoms with E-state index in [9.17, 15) is 4.79 Å². The molecule has 0 amide bonds. The van der Waals surface area contributed by atoms with Crippen LogP contribution in [-0.2, 0) is 9.53 Å². The quantitative estimate of drug-likeness (QED) is 0.782. The molecule has 0 aromatic carbocycles. The number of rotatable bonds is 5. The van der Waals surface area contributed by atoms with Crippen molar-refractivity contribution in [2.45, 2.75) is 5.16 Å². The van der Waals surface area contributed by atoms with Crippen LogP contribution in [0.2, 0.25) is 0 Å². The molecule has 9 heteroatoms. The summed E-state index contributed by atoms with van der Waals surface area (Å²) in [5, 5.41) is 17.3. The van der Waals surface area contributed by atoms with E-state index in [1.807, 2.05) is 12.1 Å². The number of aliphatic carboxylic acids is 1. The maximum Gasteiger partial charge on any atom is 0.313 e. The highest BCUT2D eigenvalue weighted by molar-refractivity contribution is 7.99. The number of pyridine rings is 1. The summed E-state index contributed by atoms with van der Waals surface area (Å²) in [7, 11) is 0. The predicted octanol–water partition coefficient (Wildman–Crippen LogP) is 0.880. The number of carboxylic acids is 1. The molecule has 1 aliphatic heterocycles. The second kappa shape index (κ2) is 6.75. The van der Waals surface area contributed by atoms with Gasteiger partial charge in [0.15, 0.2) is 11.0 Å². The molecule has 1 fully saturated rings. The summed E-state index contributed by atoms with van der Waals surface area (Å²) < 4.78 is 5.36. The van der Waals surface area contributed by atoms with Crippen LogP contribution in [0.3, 0.4) is 0 Å². The zero-order valence-corrected chi connectivity index (χ0v) is 12.5. The van der Waals surface area contributed by atoms with Crippen molar-refractivity contribution >= 4 is 23.5 Å². The second-order valence-electron chi connectivity index (χ2n) is 4.64. The number of nitrogens with one attached hydrogen (secondary N) is 1. The molecule has 0 aliphatic carbocycles. The Hall–Kier alpha value is -2.13. The minimum Gasteiger partial charge on any atom is -0.481 e. The van der Waals surface area contributed by atoms with E-state index in [2.05, 4.69) is 25.1 Å². The molecule has 1 aliphatic rings. The number of anilines is 1. The van der Waals surface area contributed by atoms with Gasteiger partial charge in [-0.05, 0) is 12.1 Å². The van der Waals surface area contributed by atoms with Gasteiger partial charge in [-0.25, -0.2) is 4.98 Å². The van der Waals surface area contributed by atoms with Gasteiger partial charge < -0.3 is 19.7 Å². The van der Waals surface area contributed by atoms with E-state index < -0.39 is 5.97 Å². The predicted molar refractivity (Wildman–Crippen MR) is 81.0 cm³/mol. The Morgan fingerprint density at radius 1 is 1.41 bits per heavy atom. The lowest BCUT2D eigenvalue weighted by Gasteiger charge is -2.28. The maximum atomic E-state index is 10.6. The van der Waals surface area contributed by atoms with Crippen LogP contribution in [0.25, 0.3) is 11.4 Å². The number of morpholine rings is 1. The van der Waals surface area contributed by atoms with Gasteiger partial charge >= 0.3 is 5.97 Å². The minimum atomic E-state index is -0.890. The summed E-state index contributed by atoms with van der Waals surface area (Å²) in [6.45, 7) is 2.90. The van der Waals surface area contributed by atoms with Gasteiger partial charge in [-0.1, -0.05) is 11.8 Å². The number of aromatic nitrogens is 4. The second-order valence-corrected chi connectivity index (χ2v) is 5.60. The summed E-state index contributed by atoms with van der Waals surface area (Å²) in [5.74, 6) is 0.468. The van der Waals surface area contributed by atoms with Gasteiger partial charge in [-0.15, -0.1) is 10.2 Å². The fourth-order valence-corrected chi connectivity index (χ4v) is 2.70. The number of hydrogen-bond acceptors (Lipinski definition) is 7. The highest BCUT2D eigenvalue weighted by Crippen LogP contribution is 2.27. The first kappa shape index (κ1) is 14.8. The van der Waals surface area contributed by atoms with Gasteiger partial charge in [0, 0.05) is 19.3 Å². The SMILES string of the molecule is O=C(O)CSc1nnc(-c2cccnc2N2CCOCC2)[nH]1. The van der Waals surface area contributed by atoms with Crippen molar-refractivity contribution in [3.05, 3.63) is 18.3 Å². The topological polar surface area (TPSA) is 104 Å². The average Bonchev–Trinajstić information content (AvgIpc) is 3.03. The zero-order chi connectivity index (χ0) is 15.4. The molecular weight excluding hydrogens is 306 g/mol. The molecule has 0 unspecified atom stereocenters. The van der Waals surface area contributed by atoms with Crippen LogP contribution >= 0.6 is 11.8 Å². The monoisotopic (exact) mass is 321 g/mol. The number of hydrogen-bond donors (Lipinski definition) is 2. The third-order valence-corrected chi connectivity index (χ3v) is 4.00. The molecule has 0 saturated carbocycles. The van der Waals surface area contributed by atoms with Crippen molar-refractivity contribution in [2.24, 2.45) is 0 Å². The Morgan fingerprint density at radius 3 is 3.00 bits per heavy atom. The average molecular weight is 321 g/mol. The fourth-order valence-electron chi connectivity index (χ4n) is 2.17. The third-order valence-electron chi connectivity index (χ3n) is 3.15. The molecule has 3 rings (SSSR count). The van der Waals surface area contributed by atoms with Gasteiger partial charge in [0.25, 0.3) is 0 Å². The minimum absolute atomic E-state index is 0.0575. The number of thioether (sulfide) groups is 1. The summed E-state index contributed by atoms with van der Waals surface area (Å²) in [5.41, 5.74) is 0.846. The van der Waals surface area contributed by atoms with E-state index in [0.29, 0.717) is 24.2 Å². The van der Waals surface area contributed by atoms with Crippen LogP contribution in [0, 0.1) is 0 Å². The van der Waals surface area contributed by atoms with Crippen LogP contribution in [-0.4, -0.2) is 63.3 Å². The van der Waals surface area contributed by atoms with Gasteiger partial charge in [0.2, 0.25) is 0 Å². The third kappa shape index (κ3) is 3.37. The molecule has 1 saturated heterocycles. The zero-order valence-electron chi connectivity index (χ0n) is 11.7. The highest BCUT2D eigenvalue weighted by Gasteiger charge is 2.19. The Kier molecular flexibility index (Phi) is 4.54. The molecule has 22 heavy (non-hydrogen) atoms. The molecule has 2 aromatic heterocycles. The molecule has 0 atom stereocenters. The van der Waals surface area contributed by atoms with Crippen LogP contribution in [0.1, 0.15) is 0 Å². The summed E-state index contributed by atoms with van der Waals surface area (Å²) in [6, 6.07) is 3.76.